The molecule has 0 bridgehead atoms. The summed E-state index contributed by atoms with van der Waals surface area (Å²) in [5.74, 6) is -6.00. The number of nitrogens with one attached hydrogen (secondary N) is 1. The van der Waals surface area contributed by atoms with Gasteiger partial charge in [0, 0.05) is 11.0 Å². The minimum Gasteiger partial charge on any atom is -0.355 e. The predicted molar refractivity (Wildman–Crippen MR) is 52.1 cm³/mol. The van der Waals surface area contributed by atoms with E-state index in [1.165, 1.54) is 0 Å². The summed E-state index contributed by atoms with van der Waals surface area (Å²) < 4.78 is 72.5. The topological polar surface area (TPSA) is 29.1 Å². The van der Waals surface area contributed by atoms with Crippen LogP contribution >= 0.6 is 22.6 Å². The molecule has 0 aromatic carbocycles. The molecule has 0 aromatic heterocycles. The van der Waals surface area contributed by atoms with Gasteiger partial charge in [-0.2, -0.15) is 26.3 Å². The molecule has 0 aliphatic rings. The number of halogens is 7. The van der Waals surface area contributed by atoms with Gasteiger partial charge in [-0.3, -0.25) is 4.79 Å². The van der Waals surface area contributed by atoms with E-state index >= 15 is 0 Å². The second kappa shape index (κ2) is 5.92. The van der Waals surface area contributed by atoms with Crippen molar-refractivity contribution in [3.05, 3.63) is 0 Å². The van der Waals surface area contributed by atoms with Gasteiger partial charge in [0.05, 0.1) is 0 Å². The van der Waals surface area contributed by atoms with Crippen LogP contribution in [0.15, 0.2) is 0 Å². The van der Waals surface area contributed by atoms with Gasteiger partial charge in [-0.1, -0.05) is 22.6 Å². The van der Waals surface area contributed by atoms with Crippen LogP contribution in [0.2, 0.25) is 0 Å². The first kappa shape index (κ1) is 15.8. The van der Waals surface area contributed by atoms with Gasteiger partial charge in [-0.05, 0) is 6.42 Å². The predicted octanol–water partition coefficient (Wildman–Crippen LogP) is 2.67. The molecule has 0 aliphatic carbocycles. The molecule has 2 nitrogen and oxygen atoms in total. The highest BCUT2D eigenvalue weighted by Crippen LogP contribution is 2.39. The Kier molecular flexibility index (Phi) is 5.84. The second-order valence-electron chi connectivity index (χ2n) is 2.85. The SMILES string of the molecule is O=C(NCCCI)C(C(F)(F)F)C(F)(F)F. The second-order valence-corrected chi connectivity index (χ2v) is 3.93. The molecule has 9 heteroatoms. The highest BCUT2D eigenvalue weighted by atomic mass is 127. The largest absolute Gasteiger partial charge is 0.409 e. The fourth-order valence-electron chi connectivity index (χ4n) is 0.863. The van der Waals surface area contributed by atoms with E-state index in [1.807, 2.05) is 22.6 Å². The van der Waals surface area contributed by atoms with Crippen LogP contribution in [-0.2, 0) is 4.79 Å². The third-order valence-electron chi connectivity index (χ3n) is 1.53. The normalized spacial score (nSPS) is 13.0. The van der Waals surface area contributed by atoms with Crippen LogP contribution in [0.4, 0.5) is 26.3 Å². The maximum Gasteiger partial charge on any atom is 0.409 e. The zero-order chi connectivity index (χ0) is 13.0. The molecule has 0 unspecified atom stereocenters. The molecular formula is C7H8F6INO. The van der Waals surface area contributed by atoms with Gasteiger partial charge in [0.25, 0.3) is 0 Å². The molecule has 0 spiro atoms. The van der Waals surface area contributed by atoms with Crippen LogP contribution in [0.5, 0.6) is 0 Å². The number of carbonyl (C=O) groups is 1. The number of hydrogen-bond acceptors (Lipinski definition) is 1. The molecular weight excluding hydrogens is 355 g/mol. The average Bonchev–Trinajstić information content (AvgIpc) is 1.98. The third kappa shape index (κ3) is 5.21. The van der Waals surface area contributed by atoms with Crippen molar-refractivity contribution >= 4 is 28.5 Å². The lowest BCUT2D eigenvalue weighted by atomic mass is 10.1. The fourth-order valence-corrected chi connectivity index (χ4v) is 1.24. The molecule has 0 fully saturated rings. The van der Waals surface area contributed by atoms with Gasteiger partial charge in [0.2, 0.25) is 11.8 Å². The van der Waals surface area contributed by atoms with Gasteiger partial charge in [-0.25, -0.2) is 0 Å². The summed E-state index contributed by atoms with van der Waals surface area (Å²) >= 11 is 1.89. The van der Waals surface area contributed by atoms with Crippen LogP contribution in [0.25, 0.3) is 0 Å². The van der Waals surface area contributed by atoms with Crippen molar-refractivity contribution in [2.45, 2.75) is 18.8 Å². The molecule has 1 N–H and O–H groups in total. The monoisotopic (exact) mass is 363 g/mol. The maximum absolute atomic E-state index is 12.0. The number of hydrogen-bond donors (Lipinski definition) is 1. The number of amides is 1. The Morgan fingerprint density at radius 2 is 1.56 bits per heavy atom. The number of rotatable bonds is 4. The van der Waals surface area contributed by atoms with E-state index in [-0.39, 0.29) is 6.54 Å². The van der Waals surface area contributed by atoms with Crippen LogP contribution < -0.4 is 5.32 Å². The van der Waals surface area contributed by atoms with Gasteiger partial charge in [-0.15, -0.1) is 0 Å². The maximum atomic E-state index is 12.0. The molecule has 0 saturated carbocycles. The molecule has 0 aliphatic heterocycles. The van der Waals surface area contributed by atoms with Crippen LogP contribution in [0.3, 0.4) is 0 Å². The van der Waals surface area contributed by atoms with E-state index in [1.54, 1.807) is 5.32 Å². The van der Waals surface area contributed by atoms with Crippen LogP contribution in [0, 0.1) is 5.92 Å². The Bertz CT molecular complexity index is 224. The molecule has 0 rings (SSSR count). The molecule has 16 heavy (non-hydrogen) atoms. The van der Waals surface area contributed by atoms with E-state index < -0.39 is 24.2 Å². The standard InChI is InChI=1S/C7H8F6INO/c8-6(9,10)4(7(11,12)13)5(16)15-3-1-2-14/h4H,1-3H2,(H,15,16). The highest BCUT2D eigenvalue weighted by Gasteiger charge is 2.60. The molecule has 1 amide bonds. The van der Waals surface area contributed by atoms with Crippen molar-refractivity contribution in [2.75, 3.05) is 11.0 Å². The Hall–Kier alpha value is -0.220. The summed E-state index contributed by atoms with van der Waals surface area (Å²) in [5, 5.41) is 1.61. The Morgan fingerprint density at radius 1 is 1.12 bits per heavy atom. The van der Waals surface area contributed by atoms with Gasteiger partial charge >= 0.3 is 12.4 Å². The van der Waals surface area contributed by atoms with Crippen molar-refractivity contribution in [2.24, 2.45) is 5.92 Å². The van der Waals surface area contributed by atoms with Crippen LogP contribution in [-0.4, -0.2) is 29.2 Å². The summed E-state index contributed by atoms with van der Waals surface area (Å²) in [6.45, 7) is -0.204. The van der Waals surface area contributed by atoms with Crippen molar-refractivity contribution in [3.63, 3.8) is 0 Å². The molecule has 0 atom stereocenters. The van der Waals surface area contributed by atoms with Gasteiger partial charge < -0.3 is 5.32 Å². The first-order chi connectivity index (χ1) is 7.10. The Balaban J connectivity index is 4.61. The van der Waals surface area contributed by atoms with E-state index in [4.69, 9.17) is 0 Å². The van der Waals surface area contributed by atoms with Crippen molar-refractivity contribution < 1.29 is 31.1 Å². The summed E-state index contributed by atoms with van der Waals surface area (Å²) in [4.78, 5) is 10.8. The van der Waals surface area contributed by atoms with E-state index in [2.05, 4.69) is 0 Å². The third-order valence-corrected chi connectivity index (χ3v) is 2.29. The molecule has 0 heterocycles. The first-order valence-electron chi connectivity index (χ1n) is 4.07. The lowest BCUT2D eigenvalue weighted by Crippen LogP contribution is -2.48. The van der Waals surface area contributed by atoms with Crippen molar-refractivity contribution in [1.82, 2.24) is 5.32 Å². The van der Waals surface area contributed by atoms with Crippen LogP contribution in [0.1, 0.15) is 6.42 Å². The Labute approximate surface area is 101 Å². The van der Waals surface area contributed by atoms with E-state index in [9.17, 15) is 31.1 Å². The summed E-state index contributed by atoms with van der Waals surface area (Å²) in [5.41, 5.74) is 0. The fraction of sp³-hybridized carbons (Fsp3) is 0.857. The van der Waals surface area contributed by atoms with Gasteiger partial charge in [0.1, 0.15) is 0 Å². The summed E-state index contributed by atoms with van der Waals surface area (Å²) in [6.07, 6.45) is -10.9. The smallest absolute Gasteiger partial charge is 0.355 e. The molecule has 0 radical (unpaired) electrons. The minimum atomic E-state index is -5.62. The zero-order valence-corrected chi connectivity index (χ0v) is 9.91. The Morgan fingerprint density at radius 3 is 1.88 bits per heavy atom. The summed E-state index contributed by atoms with van der Waals surface area (Å²) in [7, 11) is 0. The molecule has 96 valence electrons. The van der Waals surface area contributed by atoms with E-state index in [0.29, 0.717) is 10.8 Å². The summed E-state index contributed by atoms with van der Waals surface area (Å²) in [6, 6.07) is 0. The molecule has 0 saturated heterocycles. The van der Waals surface area contributed by atoms with Gasteiger partial charge in [0.15, 0.2) is 0 Å². The number of alkyl halides is 7. The first-order valence-corrected chi connectivity index (χ1v) is 5.60. The molecule has 0 aromatic rings. The lowest BCUT2D eigenvalue weighted by molar-refractivity contribution is -0.274. The number of carbonyl (C=O) groups excluding carboxylic acids is 1. The van der Waals surface area contributed by atoms with Crippen molar-refractivity contribution in [1.29, 1.82) is 0 Å². The average molecular weight is 363 g/mol. The zero-order valence-electron chi connectivity index (χ0n) is 7.75. The minimum absolute atomic E-state index is 0.204. The van der Waals surface area contributed by atoms with Crippen molar-refractivity contribution in [3.8, 4) is 0 Å². The highest BCUT2D eigenvalue weighted by molar-refractivity contribution is 14.1. The lowest BCUT2D eigenvalue weighted by Gasteiger charge is -2.21. The van der Waals surface area contributed by atoms with E-state index in [0.717, 1.165) is 0 Å². The quantitative estimate of drug-likeness (QED) is 0.354.